The van der Waals surface area contributed by atoms with Gasteiger partial charge in [0, 0.05) is 45.3 Å². The first kappa shape index (κ1) is 23.2. The predicted molar refractivity (Wildman–Crippen MR) is 131 cm³/mol. The summed E-state index contributed by atoms with van der Waals surface area (Å²) < 4.78 is 29.4. The average molecular weight is 540 g/mol. The number of hydrogen-bond acceptors (Lipinski definition) is 3. The van der Waals surface area contributed by atoms with Crippen LogP contribution in [0, 0.1) is 18.6 Å². The van der Waals surface area contributed by atoms with E-state index >= 15 is 0 Å². The van der Waals surface area contributed by atoms with E-state index in [1.54, 1.807) is 7.05 Å². The molecule has 1 fully saturated rings. The molecule has 0 aliphatic carbocycles. The van der Waals surface area contributed by atoms with Crippen LogP contribution in [-0.2, 0) is 6.54 Å². The fraction of sp³-hybridized carbons (Fsp3) is 0.364. The van der Waals surface area contributed by atoms with Crippen molar-refractivity contribution in [2.45, 2.75) is 25.9 Å². The molecule has 0 saturated carbocycles. The number of hydrogen-bond donors (Lipinski definition) is 2. The molecule has 2 N–H and O–H groups in total. The maximum atomic E-state index is 14.1. The number of guanidine groups is 1. The Kier molecular flexibility index (Phi) is 7.69. The highest BCUT2D eigenvalue weighted by Gasteiger charge is 2.25. The average Bonchev–Trinajstić information content (AvgIpc) is 3.31. The molecule has 9 heteroatoms. The van der Waals surface area contributed by atoms with Gasteiger partial charge in [0.1, 0.15) is 17.5 Å². The number of nitrogens with zero attached hydrogens (tertiary/aromatic N) is 4. The number of aliphatic imine (C=N–C) groups is 1. The SMILES string of the molecule is CN=C(NCCn1c(C)nc2ccccc21)NC1CCN(c2ccc(F)cc2F)C1.I. The van der Waals surface area contributed by atoms with E-state index in [0.717, 1.165) is 35.9 Å². The minimum atomic E-state index is -0.560. The minimum Gasteiger partial charge on any atom is -0.367 e. The van der Waals surface area contributed by atoms with Crippen molar-refractivity contribution in [3.63, 3.8) is 0 Å². The van der Waals surface area contributed by atoms with Crippen LogP contribution in [-0.4, -0.2) is 48.2 Å². The number of para-hydroxylation sites is 2. The van der Waals surface area contributed by atoms with Crippen LogP contribution in [0.4, 0.5) is 14.5 Å². The molecule has 1 atom stereocenters. The molecule has 166 valence electrons. The number of anilines is 1. The third kappa shape index (κ3) is 5.25. The molecule has 1 aliphatic heterocycles. The highest BCUT2D eigenvalue weighted by atomic mass is 127. The second-order valence-corrected chi connectivity index (χ2v) is 7.47. The molecule has 31 heavy (non-hydrogen) atoms. The lowest BCUT2D eigenvalue weighted by atomic mass is 10.2. The van der Waals surface area contributed by atoms with E-state index < -0.39 is 11.6 Å². The summed E-state index contributed by atoms with van der Waals surface area (Å²) in [5.74, 6) is 0.605. The molecule has 0 amide bonds. The number of nitrogens with one attached hydrogen (secondary N) is 2. The van der Waals surface area contributed by atoms with Crippen LogP contribution in [0.2, 0.25) is 0 Å². The molecule has 4 rings (SSSR count). The summed E-state index contributed by atoms with van der Waals surface area (Å²) in [5.41, 5.74) is 2.55. The van der Waals surface area contributed by atoms with Crippen molar-refractivity contribution >= 4 is 46.7 Å². The molecule has 3 aromatic rings. The van der Waals surface area contributed by atoms with Crippen LogP contribution in [0.15, 0.2) is 47.5 Å². The van der Waals surface area contributed by atoms with Crippen molar-refractivity contribution < 1.29 is 8.78 Å². The van der Waals surface area contributed by atoms with Crippen molar-refractivity contribution in [2.24, 2.45) is 4.99 Å². The van der Waals surface area contributed by atoms with Crippen molar-refractivity contribution in [1.29, 1.82) is 0 Å². The monoisotopic (exact) mass is 540 g/mol. The molecular formula is C22H27F2IN6. The molecule has 0 bridgehead atoms. The number of aromatic nitrogens is 2. The first-order chi connectivity index (χ1) is 14.5. The van der Waals surface area contributed by atoms with E-state index in [0.29, 0.717) is 31.3 Å². The van der Waals surface area contributed by atoms with E-state index in [-0.39, 0.29) is 30.0 Å². The van der Waals surface area contributed by atoms with Gasteiger partial charge in [-0.1, -0.05) is 12.1 Å². The second-order valence-electron chi connectivity index (χ2n) is 7.47. The number of fused-ring (bicyclic) bond motifs is 1. The lowest BCUT2D eigenvalue weighted by Gasteiger charge is -2.21. The maximum absolute atomic E-state index is 14.1. The van der Waals surface area contributed by atoms with Gasteiger partial charge < -0.3 is 20.1 Å². The van der Waals surface area contributed by atoms with E-state index in [9.17, 15) is 8.78 Å². The van der Waals surface area contributed by atoms with Gasteiger partial charge in [-0.2, -0.15) is 0 Å². The summed E-state index contributed by atoms with van der Waals surface area (Å²) >= 11 is 0. The Hall–Kier alpha value is -2.43. The Morgan fingerprint density at radius 2 is 2.03 bits per heavy atom. The number of halogens is 3. The Morgan fingerprint density at radius 3 is 2.81 bits per heavy atom. The van der Waals surface area contributed by atoms with Crippen molar-refractivity contribution in [2.75, 3.05) is 31.6 Å². The van der Waals surface area contributed by atoms with Crippen LogP contribution >= 0.6 is 24.0 Å². The molecule has 1 aliphatic rings. The van der Waals surface area contributed by atoms with Gasteiger partial charge in [-0.25, -0.2) is 13.8 Å². The normalized spacial score (nSPS) is 16.5. The zero-order chi connectivity index (χ0) is 21.1. The van der Waals surface area contributed by atoms with Gasteiger partial charge in [-0.15, -0.1) is 24.0 Å². The van der Waals surface area contributed by atoms with E-state index in [1.165, 1.54) is 12.1 Å². The summed E-state index contributed by atoms with van der Waals surface area (Å²) in [7, 11) is 1.74. The van der Waals surface area contributed by atoms with Gasteiger partial charge in [0.15, 0.2) is 5.96 Å². The Labute approximate surface area is 197 Å². The zero-order valence-corrected chi connectivity index (χ0v) is 19.9. The molecule has 0 spiro atoms. The molecule has 1 unspecified atom stereocenters. The fourth-order valence-electron chi connectivity index (χ4n) is 3.99. The summed E-state index contributed by atoms with van der Waals surface area (Å²) in [4.78, 5) is 10.8. The number of benzene rings is 2. The predicted octanol–water partition coefficient (Wildman–Crippen LogP) is 3.68. The van der Waals surface area contributed by atoms with Gasteiger partial charge in [0.2, 0.25) is 0 Å². The summed E-state index contributed by atoms with van der Waals surface area (Å²) in [6, 6.07) is 12.0. The third-order valence-electron chi connectivity index (χ3n) is 5.48. The fourth-order valence-corrected chi connectivity index (χ4v) is 3.99. The molecule has 2 heterocycles. The van der Waals surface area contributed by atoms with Gasteiger partial charge in [0.05, 0.1) is 16.7 Å². The maximum Gasteiger partial charge on any atom is 0.191 e. The van der Waals surface area contributed by atoms with Crippen LogP contribution in [0.1, 0.15) is 12.2 Å². The largest absolute Gasteiger partial charge is 0.367 e. The summed E-state index contributed by atoms with van der Waals surface area (Å²) in [5, 5.41) is 6.75. The highest BCUT2D eigenvalue weighted by molar-refractivity contribution is 14.0. The Balaban J connectivity index is 0.00000272. The van der Waals surface area contributed by atoms with Crippen LogP contribution in [0.3, 0.4) is 0 Å². The van der Waals surface area contributed by atoms with Gasteiger partial charge in [0.25, 0.3) is 0 Å². The lowest BCUT2D eigenvalue weighted by molar-refractivity contribution is 0.580. The molecule has 1 aromatic heterocycles. The highest BCUT2D eigenvalue weighted by Crippen LogP contribution is 2.24. The molecule has 2 aromatic carbocycles. The molecular weight excluding hydrogens is 513 g/mol. The molecule has 0 radical (unpaired) electrons. The van der Waals surface area contributed by atoms with Gasteiger partial charge in [-0.3, -0.25) is 4.99 Å². The van der Waals surface area contributed by atoms with Gasteiger partial charge >= 0.3 is 0 Å². The standard InChI is InChI=1S/C22H26F2N6.HI/c1-15-27-19-5-3-4-6-21(19)30(15)12-10-26-22(25-2)28-17-9-11-29(14-17)20-8-7-16(23)13-18(20)24;/h3-8,13,17H,9-12,14H2,1-2H3,(H2,25,26,28);1H. The number of imidazole rings is 1. The smallest absolute Gasteiger partial charge is 0.191 e. The van der Waals surface area contributed by atoms with Gasteiger partial charge in [-0.05, 0) is 37.6 Å². The number of rotatable bonds is 5. The van der Waals surface area contributed by atoms with E-state index in [2.05, 4.69) is 31.2 Å². The van der Waals surface area contributed by atoms with Crippen LogP contribution in [0.25, 0.3) is 11.0 Å². The summed E-state index contributed by atoms with van der Waals surface area (Å²) in [6.45, 7) is 4.81. The second kappa shape index (κ2) is 10.3. The Bertz CT molecular complexity index is 1070. The summed E-state index contributed by atoms with van der Waals surface area (Å²) in [6.07, 6.45) is 0.850. The molecule has 6 nitrogen and oxygen atoms in total. The van der Waals surface area contributed by atoms with Crippen molar-refractivity contribution in [1.82, 2.24) is 20.2 Å². The molecule has 1 saturated heterocycles. The van der Waals surface area contributed by atoms with Crippen molar-refractivity contribution in [3.05, 3.63) is 59.9 Å². The Morgan fingerprint density at radius 1 is 1.23 bits per heavy atom. The lowest BCUT2D eigenvalue weighted by Crippen LogP contribution is -2.45. The van der Waals surface area contributed by atoms with E-state index in [4.69, 9.17) is 0 Å². The van der Waals surface area contributed by atoms with Crippen LogP contribution < -0.4 is 15.5 Å². The minimum absolute atomic E-state index is 0. The topological polar surface area (TPSA) is 57.5 Å². The van der Waals surface area contributed by atoms with E-state index in [1.807, 2.05) is 30.0 Å². The first-order valence-corrected chi connectivity index (χ1v) is 10.1. The van der Waals surface area contributed by atoms with Crippen LogP contribution in [0.5, 0.6) is 0 Å². The number of aryl methyl sites for hydroxylation is 1. The third-order valence-corrected chi connectivity index (χ3v) is 5.48. The first-order valence-electron chi connectivity index (χ1n) is 10.1. The zero-order valence-electron chi connectivity index (χ0n) is 17.6. The quantitative estimate of drug-likeness (QED) is 0.295. The van der Waals surface area contributed by atoms with Crippen molar-refractivity contribution in [3.8, 4) is 0 Å².